The molecule has 0 amide bonds. The van der Waals surface area contributed by atoms with Crippen LogP contribution in [0, 0.1) is 12.3 Å². The van der Waals surface area contributed by atoms with Gasteiger partial charge >= 0.3 is 6.36 Å². The van der Waals surface area contributed by atoms with E-state index in [0.717, 1.165) is 6.07 Å². The standard InChI is InChI=1S/C17H12F3N3O2/c1-2-12(24)15(16-22-21-14-9-5-6-10-23(14)16)11-7-3-4-8-13(11)25-17(18,19)20/h1,3-10,12,15,24H. The number of fused-ring (bicyclic) bond motifs is 1. The Morgan fingerprint density at radius 3 is 2.56 bits per heavy atom. The van der Waals surface area contributed by atoms with E-state index in [4.69, 9.17) is 6.42 Å². The predicted molar refractivity (Wildman–Crippen MR) is 82.8 cm³/mol. The fraction of sp³-hybridized carbons (Fsp3) is 0.176. The van der Waals surface area contributed by atoms with Crippen LogP contribution in [0.3, 0.4) is 0 Å². The Morgan fingerprint density at radius 1 is 1.12 bits per heavy atom. The van der Waals surface area contributed by atoms with Crippen molar-refractivity contribution >= 4 is 5.65 Å². The lowest BCUT2D eigenvalue weighted by atomic mass is 9.92. The monoisotopic (exact) mass is 347 g/mol. The van der Waals surface area contributed by atoms with E-state index >= 15 is 0 Å². The molecule has 2 heterocycles. The van der Waals surface area contributed by atoms with Crippen molar-refractivity contribution in [3.8, 4) is 18.1 Å². The van der Waals surface area contributed by atoms with E-state index in [1.807, 2.05) is 0 Å². The molecule has 128 valence electrons. The van der Waals surface area contributed by atoms with Gasteiger partial charge in [0.15, 0.2) is 5.65 Å². The highest BCUT2D eigenvalue weighted by molar-refractivity contribution is 5.45. The van der Waals surface area contributed by atoms with E-state index in [-0.39, 0.29) is 11.4 Å². The maximum atomic E-state index is 12.7. The van der Waals surface area contributed by atoms with Crippen LogP contribution in [-0.4, -0.2) is 32.2 Å². The van der Waals surface area contributed by atoms with E-state index in [1.165, 1.54) is 18.2 Å². The van der Waals surface area contributed by atoms with Gasteiger partial charge in [0, 0.05) is 11.8 Å². The van der Waals surface area contributed by atoms with Gasteiger partial charge in [0.1, 0.15) is 17.7 Å². The van der Waals surface area contributed by atoms with Gasteiger partial charge in [0.25, 0.3) is 0 Å². The number of benzene rings is 1. The van der Waals surface area contributed by atoms with Crippen molar-refractivity contribution in [2.24, 2.45) is 0 Å². The summed E-state index contributed by atoms with van der Waals surface area (Å²) in [5, 5.41) is 18.2. The fourth-order valence-electron chi connectivity index (χ4n) is 2.57. The molecule has 0 bridgehead atoms. The van der Waals surface area contributed by atoms with Crippen LogP contribution in [0.4, 0.5) is 13.2 Å². The molecule has 2 atom stereocenters. The third kappa shape index (κ3) is 3.41. The Kier molecular flexibility index (Phi) is 4.33. The molecular weight excluding hydrogens is 335 g/mol. The van der Waals surface area contributed by atoms with E-state index < -0.39 is 24.1 Å². The lowest BCUT2D eigenvalue weighted by Crippen LogP contribution is -2.24. The smallest absolute Gasteiger partial charge is 0.405 e. The van der Waals surface area contributed by atoms with Crippen LogP contribution < -0.4 is 4.74 Å². The zero-order valence-corrected chi connectivity index (χ0v) is 12.7. The molecule has 3 rings (SSSR count). The second-order valence-corrected chi connectivity index (χ2v) is 5.16. The molecule has 0 fully saturated rings. The summed E-state index contributed by atoms with van der Waals surface area (Å²) in [4.78, 5) is 0. The third-order valence-corrected chi connectivity index (χ3v) is 3.58. The minimum Gasteiger partial charge on any atom is -0.405 e. The Morgan fingerprint density at radius 2 is 1.84 bits per heavy atom. The summed E-state index contributed by atoms with van der Waals surface area (Å²) in [5.74, 6) is 0.841. The van der Waals surface area contributed by atoms with Gasteiger partial charge in [-0.3, -0.25) is 4.40 Å². The number of aromatic nitrogens is 3. The largest absolute Gasteiger partial charge is 0.573 e. The number of nitrogens with zero attached hydrogens (tertiary/aromatic N) is 3. The first-order valence-electron chi connectivity index (χ1n) is 7.19. The predicted octanol–water partition coefficient (Wildman–Crippen LogP) is 2.75. The molecule has 5 nitrogen and oxygen atoms in total. The van der Waals surface area contributed by atoms with Crippen molar-refractivity contribution in [1.82, 2.24) is 14.6 Å². The molecule has 0 radical (unpaired) electrons. The number of hydrogen-bond donors (Lipinski definition) is 1. The minimum atomic E-state index is -4.88. The number of alkyl halides is 3. The number of aliphatic hydroxyl groups is 1. The normalized spacial score (nSPS) is 14.0. The SMILES string of the molecule is C#CC(O)C(c1ccccc1OC(F)(F)F)c1nnc2ccccn12. The van der Waals surface area contributed by atoms with E-state index in [0.29, 0.717) is 5.65 Å². The number of hydrogen-bond acceptors (Lipinski definition) is 4. The Hall–Kier alpha value is -3.05. The average molecular weight is 347 g/mol. The first-order chi connectivity index (χ1) is 11.9. The molecule has 1 aromatic carbocycles. The van der Waals surface area contributed by atoms with Crippen LogP contribution in [0.1, 0.15) is 17.3 Å². The molecule has 2 unspecified atom stereocenters. The second-order valence-electron chi connectivity index (χ2n) is 5.16. The van der Waals surface area contributed by atoms with Gasteiger partial charge in [-0.1, -0.05) is 30.2 Å². The van der Waals surface area contributed by atoms with Crippen LogP contribution >= 0.6 is 0 Å². The van der Waals surface area contributed by atoms with Gasteiger partial charge in [-0.15, -0.1) is 29.8 Å². The topological polar surface area (TPSA) is 59.7 Å². The van der Waals surface area contributed by atoms with Gasteiger partial charge < -0.3 is 9.84 Å². The van der Waals surface area contributed by atoms with E-state index in [9.17, 15) is 18.3 Å². The first-order valence-corrected chi connectivity index (χ1v) is 7.19. The summed E-state index contributed by atoms with van der Waals surface area (Å²) in [6.45, 7) is 0. The summed E-state index contributed by atoms with van der Waals surface area (Å²) in [7, 11) is 0. The van der Waals surface area contributed by atoms with Crippen molar-refractivity contribution in [2.45, 2.75) is 18.4 Å². The molecule has 0 aliphatic heterocycles. The van der Waals surface area contributed by atoms with Crippen LogP contribution in [0.2, 0.25) is 0 Å². The average Bonchev–Trinajstić information content (AvgIpc) is 2.99. The van der Waals surface area contributed by atoms with Crippen molar-refractivity contribution in [3.63, 3.8) is 0 Å². The maximum Gasteiger partial charge on any atom is 0.573 e. The fourth-order valence-corrected chi connectivity index (χ4v) is 2.57. The highest BCUT2D eigenvalue weighted by Gasteiger charge is 2.35. The van der Waals surface area contributed by atoms with Gasteiger partial charge in [0.2, 0.25) is 0 Å². The van der Waals surface area contributed by atoms with E-state index in [2.05, 4.69) is 20.9 Å². The number of ether oxygens (including phenoxy) is 1. The van der Waals surface area contributed by atoms with Gasteiger partial charge in [-0.2, -0.15) is 0 Å². The lowest BCUT2D eigenvalue weighted by Gasteiger charge is -2.21. The molecule has 8 heteroatoms. The molecule has 0 saturated carbocycles. The minimum absolute atomic E-state index is 0.0587. The Balaban J connectivity index is 2.17. The number of rotatable bonds is 4. The summed E-state index contributed by atoms with van der Waals surface area (Å²) in [6, 6.07) is 10.6. The van der Waals surface area contributed by atoms with Gasteiger partial charge in [-0.25, -0.2) is 0 Å². The second kappa shape index (κ2) is 6.45. The Bertz CT molecular complexity index is 931. The molecule has 0 spiro atoms. The van der Waals surface area contributed by atoms with Gasteiger partial charge in [-0.05, 0) is 18.2 Å². The summed E-state index contributed by atoms with van der Waals surface area (Å²) < 4.78 is 43.7. The molecule has 25 heavy (non-hydrogen) atoms. The highest BCUT2D eigenvalue weighted by Crippen LogP contribution is 2.36. The quantitative estimate of drug-likeness (QED) is 0.738. The van der Waals surface area contributed by atoms with Crippen molar-refractivity contribution < 1.29 is 23.0 Å². The lowest BCUT2D eigenvalue weighted by molar-refractivity contribution is -0.275. The number of aliphatic hydroxyl groups excluding tert-OH is 1. The summed E-state index contributed by atoms with van der Waals surface area (Å²) in [5.41, 5.74) is 0.532. The maximum absolute atomic E-state index is 12.7. The number of para-hydroxylation sites is 1. The molecule has 3 aromatic rings. The van der Waals surface area contributed by atoms with Gasteiger partial charge in [0.05, 0.1) is 5.92 Å². The van der Waals surface area contributed by atoms with Crippen molar-refractivity contribution in [3.05, 3.63) is 60.0 Å². The number of pyridine rings is 1. The molecule has 1 N–H and O–H groups in total. The molecule has 0 saturated heterocycles. The molecule has 2 aromatic heterocycles. The van der Waals surface area contributed by atoms with Crippen LogP contribution in [0.25, 0.3) is 5.65 Å². The zero-order valence-electron chi connectivity index (χ0n) is 12.7. The summed E-state index contributed by atoms with van der Waals surface area (Å²) >= 11 is 0. The van der Waals surface area contributed by atoms with E-state index in [1.54, 1.807) is 28.8 Å². The van der Waals surface area contributed by atoms with Crippen LogP contribution in [-0.2, 0) is 0 Å². The zero-order chi connectivity index (χ0) is 18.0. The number of terminal acetylenes is 1. The number of halogens is 3. The molecule has 0 aliphatic carbocycles. The Labute approximate surface area is 140 Å². The van der Waals surface area contributed by atoms with Crippen molar-refractivity contribution in [1.29, 1.82) is 0 Å². The highest BCUT2D eigenvalue weighted by atomic mass is 19.4. The van der Waals surface area contributed by atoms with Crippen LogP contribution in [0.15, 0.2) is 48.7 Å². The van der Waals surface area contributed by atoms with Crippen molar-refractivity contribution in [2.75, 3.05) is 0 Å². The molecular formula is C17H12F3N3O2. The summed E-state index contributed by atoms with van der Waals surface area (Å²) in [6.07, 6.45) is 0.645. The third-order valence-electron chi connectivity index (χ3n) is 3.58. The first kappa shape index (κ1) is 16.8. The molecule has 0 aliphatic rings. The van der Waals surface area contributed by atoms with Crippen LogP contribution in [0.5, 0.6) is 5.75 Å².